The fourth-order valence-corrected chi connectivity index (χ4v) is 2.14. The monoisotopic (exact) mass is 287 g/mol. The van der Waals surface area contributed by atoms with Crippen LogP contribution in [0.1, 0.15) is 22.6 Å². The zero-order valence-corrected chi connectivity index (χ0v) is 12.5. The molecule has 0 saturated heterocycles. The molecule has 0 unspecified atom stereocenters. The summed E-state index contributed by atoms with van der Waals surface area (Å²) in [6.45, 7) is 3.99. The Hall–Kier alpha value is -1.98. The van der Waals surface area contributed by atoms with Crippen molar-refractivity contribution in [3.8, 4) is 0 Å². The number of rotatable bonds is 7. The Morgan fingerprint density at radius 1 is 1.33 bits per heavy atom. The van der Waals surface area contributed by atoms with Crippen LogP contribution in [0.2, 0.25) is 0 Å². The minimum absolute atomic E-state index is 0.115. The maximum absolute atomic E-state index is 11.7. The van der Waals surface area contributed by atoms with Crippen molar-refractivity contribution in [3.63, 3.8) is 0 Å². The molecular weight excluding hydrogens is 266 g/mol. The molecule has 5 heteroatoms. The first-order chi connectivity index (χ1) is 10.2. The normalized spacial score (nSPS) is 10.8. The van der Waals surface area contributed by atoms with Crippen LogP contribution in [0.3, 0.4) is 0 Å². The van der Waals surface area contributed by atoms with Crippen molar-refractivity contribution in [2.45, 2.75) is 19.9 Å². The van der Waals surface area contributed by atoms with E-state index in [4.69, 9.17) is 4.74 Å². The molecule has 1 heterocycles. The molecule has 112 valence electrons. The van der Waals surface area contributed by atoms with Gasteiger partial charge in [-0.3, -0.25) is 4.79 Å². The molecule has 0 saturated carbocycles. The molecule has 2 rings (SSSR count). The van der Waals surface area contributed by atoms with Gasteiger partial charge in [0.05, 0.1) is 12.3 Å². The molecule has 0 atom stereocenters. The molecule has 1 aromatic heterocycles. The van der Waals surface area contributed by atoms with Gasteiger partial charge in [0.25, 0.3) is 5.56 Å². The van der Waals surface area contributed by atoms with Crippen LogP contribution >= 0.6 is 0 Å². The highest BCUT2D eigenvalue weighted by Gasteiger charge is 2.03. The van der Waals surface area contributed by atoms with Crippen molar-refractivity contribution in [1.82, 2.24) is 15.3 Å². The van der Waals surface area contributed by atoms with Gasteiger partial charge in [0, 0.05) is 32.7 Å². The summed E-state index contributed by atoms with van der Waals surface area (Å²) in [5.41, 5.74) is 2.98. The van der Waals surface area contributed by atoms with Gasteiger partial charge in [-0.2, -0.15) is 0 Å². The highest BCUT2D eigenvalue weighted by atomic mass is 16.5. The maximum atomic E-state index is 11.7. The summed E-state index contributed by atoms with van der Waals surface area (Å²) >= 11 is 0. The SMILES string of the molecule is COCCNCc1cc(=O)[nH]c(Cc2cccc(C)c2)n1. The van der Waals surface area contributed by atoms with Gasteiger partial charge in [-0.25, -0.2) is 4.98 Å². The second-order valence-electron chi connectivity index (χ2n) is 5.02. The van der Waals surface area contributed by atoms with E-state index in [9.17, 15) is 4.79 Å². The Balaban J connectivity index is 2.06. The van der Waals surface area contributed by atoms with Gasteiger partial charge in [0.2, 0.25) is 0 Å². The van der Waals surface area contributed by atoms with E-state index in [1.807, 2.05) is 12.1 Å². The molecule has 2 N–H and O–H groups in total. The molecule has 21 heavy (non-hydrogen) atoms. The maximum Gasteiger partial charge on any atom is 0.251 e. The third kappa shape index (κ3) is 5.13. The average molecular weight is 287 g/mol. The number of hydrogen-bond acceptors (Lipinski definition) is 4. The van der Waals surface area contributed by atoms with Gasteiger partial charge in [-0.05, 0) is 12.5 Å². The number of nitrogens with one attached hydrogen (secondary N) is 2. The molecule has 0 aliphatic carbocycles. The van der Waals surface area contributed by atoms with E-state index in [0.717, 1.165) is 17.8 Å². The lowest BCUT2D eigenvalue weighted by Crippen LogP contribution is -2.22. The van der Waals surface area contributed by atoms with Crippen LogP contribution in [-0.4, -0.2) is 30.2 Å². The number of ether oxygens (including phenoxy) is 1. The van der Waals surface area contributed by atoms with E-state index < -0.39 is 0 Å². The largest absolute Gasteiger partial charge is 0.383 e. The number of hydrogen-bond donors (Lipinski definition) is 2. The van der Waals surface area contributed by atoms with Gasteiger partial charge >= 0.3 is 0 Å². The summed E-state index contributed by atoms with van der Waals surface area (Å²) in [4.78, 5) is 19.0. The van der Waals surface area contributed by atoms with E-state index in [-0.39, 0.29) is 5.56 Å². The lowest BCUT2D eigenvalue weighted by Gasteiger charge is -2.06. The minimum atomic E-state index is -0.115. The number of aryl methyl sites for hydroxylation is 1. The highest BCUT2D eigenvalue weighted by Crippen LogP contribution is 2.07. The number of nitrogens with zero attached hydrogens (tertiary/aromatic N) is 1. The average Bonchev–Trinajstić information content (AvgIpc) is 2.43. The molecule has 2 aromatic rings. The number of aromatic amines is 1. The predicted octanol–water partition coefficient (Wildman–Crippen LogP) is 1.41. The number of aromatic nitrogens is 2. The molecule has 5 nitrogen and oxygen atoms in total. The third-order valence-electron chi connectivity index (χ3n) is 3.09. The molecule has 0 aliphatic rings. The predicted molar refractivity (Wildman–Crippen MR) is 82.4 cm³/mol. The molecule has 0 aliphatic heterocycles. The summed E-state index contributed by atoms with van der Waals surface area (Å²) in [5, 5.41) is 3.19. The summed E-state index contributed by atoms with van der Waals surface area (Å²) in [7, 11) is 1.66. The van der Waals surface area contributed by atoms with Crippen molar-refractivity contribution in [2.75, 3.05) is 20.3 Å². The molecule has 0 spiro atoms. The Bertz CT molecular complexity index is 637. The fourth-order valence-electron chi connectivity index (χ4n) is 2.14. The van der Waals surface area contributed by atoms with Crippen LogP contribution in [0.25, 0.3) is 0 Å². The van der Waals surface area contributed by atoms with Crippen LogP contribution < -0.4 is 10.9 Å². The summed E-state index contributed by atoms with van der Waals surface area (Å²) < 4.78 is 4.97. The Morgan fingerprint density at radius 3 is 2.95 bits per heavy atom. The second kappa shape index (κ2) is 7.71. The smallest absolute Gasteiger partial charge is 0.251 e. The van der Waals surface area contributed by atoms with Crippen LogP contribution in [0.15, 0.2) is 35.1 Å². The summed E-state index contributed by atoms with van der Waals surface area (Å²) in [5.74, 6) is 0.691. The number of methoxy groups -OCH3 is 1. The molecule has 0 amide bonds. The zero-order chi connectivity index (χ0) is 15.1. The van der Waals surface area contributed by atoms with Crippen molar-refractivity contribution in [2.24, 2.45) is 0 Å². The van der Waals surface area contributed by atoms with Crippen molar-refractivity contribution in [3.05, 3.63) is 63.3 Å². The van der Waals surface area contributed by atoms with E-state index in [1.165, 1.54) is 11.6 Å². The lowest BCUT2D eigenvalue weighted by molar-refractivity contribution is 0.199. The van der Waals surface area contributed by atoms with Crippen molar-refractivity contribution in [1.29, 1.82) is 0 Å². The summed E-state index contributed by atoms with van der Waals surface area (Å²) in [6.07, 6.45) is 0.628. The van der Waals surface area contributed by atoms with Gasteiger partial charge in [0.15, 0.2) is 0 Å². The van der Waals surface area contributed by atoms with Crippen LogP contribution in [-0.2, 0) is 17.7 Å². The first-order valence-electron chi connectivity index (χ1n) is 7.01. The van der Waals surface area contributed by atoms with Crippen LogP contribution in [0.5, 0.6) is 0 Å². The van der Waals surface area contributed by atoms with E-state index in [2.05, 4.69) is 34.3 Å². The zero-order valence-electron chi connectivity index (χ0n) is 12.5. The minimum Gasteiger partial charge on any atom is -0.383 e. The van der Waals surface area contributed by atoms with Gasteiger partial charge in [0.1, 0.15) is 5.82 Å². The van der Waals surface area contributed by atoms with Crippen molar-refractivity contribution >= 4 is 0 Å². The quantitative estimate of drug-likeness (QED) is 0.756. The lowest BCUT2D eigenvalue weighted by atomic mass is 10.1. The Morgan fingerprint density at radius 2 is 2.19 bits per heavy atom. The molecule has 1 aromatic carbocycles. The van der Waals surface area contributed by atoms with Crippen molar-refractivity contribution < 1.29 is 4.74 Å². The van der Waals surface area contributed by atoms with Gasteiger partial charge in [-0.15, -0.1) is 0 Å². The molecule has 0 bridgehead atoms. The first kappa shape index (κ1) is 15.4. The van der Waals surface area contributed by atoms with Gasteiger partial charge < -0.3 is 15.0 Å². The van der Waals surface area contributed by atoms with E-state index in [1.54, 1.807) is 7.11 Å². The van der Waals surface area contributed by atoms with Crippen LogP contribution in [0, 0.1) is 6.92 Å². The van der Waals surface area contributed by atoms with E-state index in [0.29, 0.717) is 25.4 Å². The topological polar surface area (TPSA) is 67.0 Å². The molecule has 0 radical (unpaired) electrons. The number of H-pyrrole nitrogens is 1. The van der Waals surface area contributed by atoms with E-state index >= 15 is 0 Å². The Labute approximate surface area is 124 Å². The highest BCUT2D eigenvalue weighted by molar-refractivity contribution is 5.25. The standard InChI is InChI=1S/C16H21N3O2/c1-12-4-3-5-13(8-12)9-15-18-14(10-16(20)19-15)11-17-6-7-21-2/h3-5,8,10,17H,6-7,9,11H2,1-2H3,(H,18,19,20). The Kier molecular flexibility index (Phi) is 5.66. The fraction of sp³-hybridized carbons (Fsp3) is 0.375. The first-order valence-corrected chi connectivity index (χ1v) is 7.01. The molecular formula is C16H21N3O2. The van der Waals surface area contributed by atoms with Gasteiger partial charge in [-0.1, -0.05) is 29.8 Å². The second-order valence-corrected chi connectivity index (χ2v) is 5.02. The van der Waals surface area contributed by atoms with Crippen LogP contribution in [0.4, 0.5) is 0 Å². The summed E-state index contributed by atoms with van der Waals surface area (Å²) in [6, 6.07) is 9.73. The molecule has 0 fully saturated rings. The number of benzene rings is 1. The third-order valence-corrected chi connectivity index (χ3v) is 3.09.